The summed E-state index contributed by atoms with van der Waals surface area (Å²) >= 11 is 6.34. The molecule has 0 spiro atoms. The molecule has 1 aromatic carbocycles. The van der Waals surface area contributed by atoms with Gasteiger partial charge in [0.25, 0.3) is 0 Å². The summed E-state index contributed by atoms with van der Waals surface area (Å²) in [5, 5.41) is 16.1. The molecule has 1 aromatic heterocycles. The van der Waals surface area contributed by atoms with Crippen LogP contribution in [0.15, 0.2) is 35.5 Å². The van der Waals surface area contributed by atoms with Gasteiger partial charge in [0, 0.05) is 39.4 Å². The fourth-order valence-corrected chi connectivity index (χ4v) is 4.14. The van der Waals surface area contributed by atoms with Gasteiger partial charge in [0.05, 0.1) is 27.9 Å². The van der Waals surface area contributed by atoms with E-state index in [9.17, 15) is 4.79 Å². The lowest BCUT2D eigenvalue weighted by atomic mass is 10.1. The first-order valence-electron chi connectivity index (χ1n) is 11.0. The van der Waals surface area contributed by atoms with Crippen molar-refractivity contribution in [2.45, 2.75) is 45.3 Å². The molecule has 8 nitrogen and oxygen atoms in total. The number of carbonyl (C=O) groups is 1. The van der Waals surface area contributed by atoms with Crippen molar-refractivity contribution in [3.63, 3.8) is 0 Å². The van der Waals surface area contributed by atoms with E-state index >= 15 is 0 Å². The summed E-state index contributed by atoms with van der Waals surface area (Å²) in [6, 6.07) is 9.45. The Hall–Kier alpha value is -3.18. The van der Waals surface area contributed by atoms with Crippen LogP contribution in [0.5, 0.6) is 0 Å². The van der Waals surface area contributed by atoms with Crippen LogP contribution in [0.4, 0.5) is 16.3 Å². The summed E-state index contributed by atoms with van der Waals surface area (Å²) in [6.45, 7) is 6.92. The van der Waals surface area contributed by atoms with Gasteiger partial charge in [-0.3, -0.25) is 4.99 Å². The van der Waals surface area contributed by atoms with Crippen molar-refractivity contribution in [2.75, 3.05) is 37.8 Å². The number of carbonyl (C=O) groups excluding carboxylic acids is 1. The predicted octanol–water partition coefficient (Wildman–Crippen LogP) is 5.12. The van der Waals surface area contributed by atoms with Gasteiger partial charge in [-0.1, -0.05) is 11.6 Å². The predicted molar refractivity (Wildman–Crippen MR) is 132 cm³/mol. The van der Waals surface area contributed by atoms with E-state index in [1.165, 1.54) is 0 Å². The summed E-state index contributed by atoms with van der Waals surface area (Å²) < 4.78 is 7.71. The first kappa shape index (κ1) is 24.5. The van der Waals surface area contributed by atoms with Crippen molar-refractivity contribution in [3.05, 3.63) is 46.6 Å². The van der Waals surface area contributed by atoms with E-state index < -0.39 is 5.60 Å². The number of aliphatic imine (C=N–C) groups is 1. The number of amides is 1. The lowest BCUT2D eigenvalue weighted by Crippen LogP contribution is -2.42. The normalized spacial score (nSPS) is 15.2. The maximum Gasteiger partial charge on any atom is 0.410 e. The molecule has 0 saturated carbocycles. The molecule has 3 rings (SSSR count). The maximum atomic E-state index is 12.4. The zero-order chi connectivity index (χ0) is 24.2. The van der Waals surface area contributed by atoms with Crippen LogP contribution < -0.4 is 10.6 Å². The van der Waals surface area contributed by atoms with E-state index in [2.05, 4.69) is 26.3 Å². The zero-order valence-corrected chi connectivity index (χ0v) is 20.5. The zero-order valence-electron chi connectivity index (χ0n) is 19.8. The quantitative estimate of drug-likeness (QED) is 0.478. The molecular weight excluding hydrogens is 440 g/mol. The van der Waals surface area contributed by atoms with Gasteiger partial charge >= 0.3 is 6.09 Å². The molecule has 1 saturated heterocycles. The highest BCUT2D eigenvalue weighted by Crippen LogP contribution is 2.31. The number of amidine groups is 1. The van der Waals surface area contributed by atoms with Crippen molar-refractivity contribution in [1.82, 2.24) is 9.47 Å². The molecule has 0 radical (unpaired) electrons. The standard InChI is InChI=1S/C24H31ClN6O2/c1-24(2,3)33-23(32)30-11-8-17(9-12-30)31-13-10-18(22(31)28-5)21(27-4)29-20-7-6-16(15-26)14-19(20)25/h6-7,10,13-14,17,28H,8-9,11-12H2,1-5H3,(H,27,29). The van der Waals surface area contributed by atoms with Crippen molar-refractivity contribution in [2.24, 2.45) is 4.99 Å². The first-order valence-corrected chi connectivity index (χ1v) is 11.3. The van der Waals surface area contributed by atoms with Gasteiger partial charge in [-0.15, -0.1) is 0 Å². The molecule has 0 atom stereocenters. The second-order valence-electron chi connectivity index (χ2n) is 8.94. The van der Waals surface area contributed by atoms with Crippen LogP contribution in [0.1, 0.15) is 50.8 Å². The van der Waals surface area contributed by atoms with Gasteiger partial charge in [0.2, 0.25) is 0 Å². The molecule has 1 aliphatic rings. The second kappa shape index (κ2) is 10.2. The Kier molecular flexibility index (Phi) is 7.54. The molecular formula is C24H31ClN6O2. The number of nitriles is 1. The number of halogens is 1. The van der Waals surface area contributed by atoms with Crippen molar-refractivity contribution in [3.8, 4) is 6.07 Å². The Morgan fingerprint density at radius 1 is 1.27 bits per heavy atom. The number of aromatic nitrogens is 1. The molecule has 0 unspecified atom stereocenters. The van der Waals surface area contributed by atoms with Crippen LogP contribution in [0, 0.1) is 11.3 Å². The van der Waals surface area contributed by atoms with Crippen LogP contribution in [-0.2, 0) is 4.74 Å². The number of anilines is 2. The Morgan fingerprint density at radius 3 is 2.52 bits per heavy atom. The number of piperidine rings is 1. The van der Waals surface area contributed by atoms with Gasteiger partial charge in [0.15, 0.2) is 0 Å². The number of likely N-dealkylation sites (tertiary alicyclic amines) is 1. The molecule has 1 aliphatic heterocycles. The van der Waals surface area contributed by atoms with Gasteiger partial charge in [-0.05, 0) is 57.9 Å². The Labute approximate surface area is 200 Å². The summed E-state index contributed by atoms with van der Waals surface area (Å²) in [5.74, 6) is 1.60. The summed E-state index contributed by atoms with van der Waals surface area (Å²) in [7, 11) is 3.60. The van der Waals surface area contributed by atoms with E-state index in [4.69, 9.17) is 21.6 Å². The fraction of sp³-hybridized carbons (Fsp3) is 0.458. The topological polar surface area (TPSA) is 94.7 Å². The third kappa shape index (κ3) is 5.79. The number of hydrogen-bond acceptors (Lipinski definition) is 5. The number of benzene rings is 1. The summed E-state index contributed by atoms with van der Waals surface area (Å²) in [6.07, 6.45) is 3.44. The van der Waals surface area contributed by atoms with Crippen molar-refractivity contribution in [1.29, 1.82) is 5.26 Å². The van der Waals surface area contributed by atoms with E-state index in [1.807, 2.05) is 40.1 Å². The lowest BCUT2D eigenvalue weighted by Gasteiger charge is -2.34. The highest BCUT2D eigenvalue weighted by Gasteiger charge is 2.29. The minimum absolute atomic E-state index is 0.247. The van der Waals surface area contributed by atoms with Crippen LogP contribution in [0.3, 0.4) is 0 Å². The molecule has 2 N–H and O–H groups in total. The van der Waals surface area contributed by atoms with Crippen LogP contribution in [0.25, 0.3) is 0 Å². The molecule has 2 heterocycles. The average molecular weight is 471 g/mol. The molecule has 9 heteroatoms. The Balaban J connectivity index is 1.75. The number of hydrogen-bond donors (Lipinski definition) is 2. The van der Waals surface area contributed by atoms with Crippen LogP contribution in [-0.4, -0.2) is 54.2 Å². The third-order valence-corrected chi connectivity index (χ3v) is 5.80. The number of rotatable bonds is 4. The molecule has 0 aliphatic carbocycles. The van der Waals surface area contributed by atoms with Gasteiger partial charge in [0.1, 0.15) is 17.3 Å². The summed E-state index contributed by atoms with van der Waals surface area (Å²) in [5.41, 5.74) is 1.59. The maximum absolute atomic E-state index is 12.4. The Morgan fingerprint density at radius 2 is 1.97 bits per heavy atom. The van der Waals surface area contributed by atoms with Crippen LogP contribution >= 0.6 is 11.6 Å². The van der Waals surface area contributed by atoms with Crippen molar-refractivity contribution >= 4 is 35.0 Å². The van der Waals surface area contributed by atoms with E-state index in [0.717, 1.165) is 24.2 Å². The lowest BCUT2D eigenvalue weighted by molar-refractivity contribution is 0.0189. The first-order chi connectivity index (χ1) is 15.7. The molecule has 33 heavy (non-hydrogen) atoms. The second-order valence-corrected chi connectivity index (χ2v) is 9.34. The van der Waals surface area contributed by atoms with Crippen molar-refractivity contribution < 1.29 is 9.53 Å². The van der Waals surface area contributed by atoms with E-state index in [1.54, 1.807) is 30.1 Å². The number of nitrogens with one attached hydrogen (secondary N) is 2. The van der Waals surface area contributed by atoms with E-state index in [0.29, 0.717) is 35.2 Å². The third-order valence-electron chi connectivity index (χ3n) is 5.49. The SMILES string of the molecule is CN=C(Nc1ccc(C#N)cc1Cl)c1ccn(C2CCN(C(=O)OC(C)(C)C)CC2)c1NC. The smallest absolute Gasteiger partial charge is 0.410 e. The molecule has 2 aromatic rings. The van der Waals surface area contributed by atoms with E-state index in [-0.39, 0.29) is 12.1 Å². The molecule has 176 valence electrons. The largest absolute Gasteiger partial charge is 0.444 e. The minimum Gasteiger partial charge on any atom is -0.444 e. The molecule has 1 amide bonds. The number of nitrogens with zero attached hydrogens (tertiary/aromatic N) is 4. The fourth-order valence-electron chi connectivity index (χ4n) is 3.92. The Bertz CT molecular complexity index is 1070. The number of ether oxygens (including phenoxy) is 1. The highest BCUT2D eigenvalue weighted by molar-refractivity contribution is 6.34. The monoisotopic (exact) mass is 470 g/mol. The molecule has 1 fully saturated rings. The van der Waals surface area contributed by atoms with Gasteiger partial charge < -0.3 is 24.8 Å². The average Bonchev–Trinajstić information content (AvgIpc) is 3.21. The van der Waals surface area contributed by atoms with Crippen LogP contribution in [0.2, 0.25) is 5.02 Å². The highest BCUT2D eigenvalue weighted by atomic mass is 35.5. The van der Waals surface area contributed by atoms with Gasteiger partial charge in [-0.25, -0.2) is 4.79 Å². The minimum atomic E-state index is -0.497. The van der Waals surface area contributed by atoms with Gasteiger partial charge in [-0.2, -0.15) is 5.26 Å². The molecule has 0 bridgehead atoms. The summed E-state index contributed by atoms with van der Waals surface area (Å²) in [4.78, 5) is 18.6.